The molecule has 0 atom stereocenters. The van der Waals surface area contributed by atoms with Gasteiger partial charge in [0, 0.05) is 11.8 Å². The summed E-state index contributed by atoms with van der Waals surface area (Å²) < 4.78 is 54.0. The summed E-state index contributed by atoms with van der Waals surface area (Å²) in [5.74, 6) is -1.29. The van der Waals surface area contributed by atoms with E-state index < -0.39 is 32.2 Å². The van der Waals surface area contributed by atoms with Crippen molar-refractivity contribution in [3.05, 3.63) is 99.2 Å². The Morgan fingerprint density at radius 1 is 1.05 bits per heavy atom. The number of aromatic amines is 1. The number of sulfonamides is 1. The SMILES string of the molecule is CCCCOc1ccc(-c2ccc(C(=O)NS(=O)(=O)c3ccc[nH]c3=O)c(Oc3c(C)cc(C)cc3C)n2)cc1F. The quantitative estimate of drug-likeness (QED) is 0.234. The molecule has 1 amide bonds. The zero-order chi connectivity index (χ0) is 29.7. The number of carbonyl (C=O) groups is 1. The van der Waals surface area contributed by atoms with Crippen LogP contribution < -0.4 is 19.8 Å². The van der Waals surface area contributed by atoms with Crippen LogP contribution in [0.1, 0.15) is 46.8 Å². The van der Waals surface area contributed by atoms with E-state index >= 15 is 0 Å². The summed E-state index contributed by atoms with van der Waals surface area (Å²) in [4.78, 5) is 31.4. The zero-order valence-electron chi connectivity index (χ0n) is 23.1. The molecule has 4 aromatic rings. The van der Waals surface area contributed by atoms with Gasteiger partial charge in [0.25, 0.3) is 21.5 Å². The molecule has 0 bridgehead atoms. The smallest absolute Gasteiger partial charge is 0.270 e. The molecule has 0 unspecified atom stereocenters. The summed E-state index contributed by atoms with van der Waals surface area (Å²) in [6.45, 7) is 7.99. The van der Waals surface area contributed by atoms with Crippen LogP contribution in [0.15, 0.2) is 70.5 Å². The van der Waals surface area contributed by atoms with E-state index in [0.717, 1.165) is 35.6 Å². The molecule has 41 heavy (non-hydrogen) atoms. The zero-order valence-corrected chi connectivity index (χ0v) is 23.9. The minimum Gasteiger partial charge on any atom is -0.491 e. The Morgan fingerprint density at radius 2 is 1.78 bits per heavy atom. The summed E-state index contributed by atoms with van der Waals surface area (Å²) in [5.41, 5.74) is 2.12. The van der Waals surface area contributed by atoms with Crippen molar-refractivity contribution in [3.8, 4) is 28.6 Å². The Bertz CT molecular complexity index is 1750. The Balaban J connectivity index is 1.75. The molecule has 0 aliphatic heterocycles. The number of aryl methyl sites for hydroxylation is 3. The number of rotatable bonds is 10. The average molecular weight is 580 g/mol. The van der Waals surface area contributed by atoms with Crippen LogP contribution in [0.2, 0.25) is 0 Å². The highest BCUT2D eigenvalue weighted by atomic mass is 32.2. The predicted molar refractivity (Wildman–Crippen MR) is 152 cm³/mol. The van der Waals surface area contributed by atoms with E-state index in [4.69, 9.17) is 9.47 Å². The molecule has 0 saturated carbocycles. The van der Waals surface area contributed by atoms with Crippen molar-refractivity contribution in [2.45, 2.75) is 45.4 Å². The lowest BCUT2D eigenvalue weighted by Crippen LogP contribution is -2.34. The maximum atomic E-state index is 14.8. The molecule has 2 N–H and O–H groups in total. The molecule has 11 heteroatoms. The molecule has 2 heterocycles. The van der Waals surface area contributed by atoms with E-state index in [9.17, 15) is 22.4 Å². The van der Waals surface area contributed by atoms with Gasteiger partial charge in [-0.15, -0.1) is 0 Å². The van der Waals surface area contributed by atoms with Gasteiger partial charge in [0.15, 0.2) is 16.5 Å². The van der Waals surface area contributed by atoms with Crippen LogP contribution in [0.5, 0.6) is 17.4 Å². The lowest BCUT2D eigenvalue weighted by molar-refractivity contribution is 0.0978. The van der Waals surface area contributed by atoms with Gasteiger partial charge in [-0.3, -0.25) is 9.59 Å². The first kappa shape index (κ1) is 29.5. The fourth-order valence-corrected chi connectivity index (χ4v) is 5.25. The Hall–Kier alpha value is -4.51. The van der Waals surface area contributed by atoms with Crippen molar-refractivity contribution < 1.29 is 27.1 Å². The van der Waals surface area contributed by atoms with E-state index in [2.05, 4.69) is 9.97 Å². The van der Waals surface area contributed by atoms with Crippen molar-refractivity contribution in [2.24, 2.45) is 0 Å². The Kier molecular flexibility index (Phi) is 8.87. The molecule has 2 aromatic heterocycles. The van der Waals surface area contributed by atoms with Crippen molar-refractivity contribution in [3.63, 3.8) is 0 Å². The summed E-state index contributed by atoms with van der Waals surface area (Å²) in [6.07, 6.45) is 2.98. The molecule has 0 fully saturated rings. The molecule has 0 aliphatic carbocycles. The lowest BCUT2D eigenvalue weighted by Gasteiger charge is -2.16. The fourth-order valence-electron chi connectivity index (χ4n) is 4.23. The third-order valence-electron chi connectivity index (χ3n) is 6.19. The topological polar surface area (TPSA) is 127 Å². The monoisotopic (exact) mass is 579 g/mol. The maximum absolute atomic E-state index is 14.8. The standard InChI is InChI=1S/C30H30FN3O6S/c1-5-6-14-39-25-12-9-21(17-23(25)31)24-11-10-22(28(35)34-41(37,38)26-8-7-13-32-29(26)36)30(33-24)40-27-19(3)15-18(2)16-20(27)4/h7-13,15-17H,5-6,14H2,1-4H3,(H,32,36)(H,34,35). The summed E-state index contributed by atoms with van der Waals surface area (Å²) >= 11 is 0. The van der Waals surface area contributed by atoms with Gasteiger partial charge >= 0.3 is 0 Å². The van der Waals surface area contributed by atoms with Gasteiger partial charge in [0.1, 0.15) is 11.3 Å². The first-order valence-electron chi connectivity index (χ1n) is 12.9. The Labute approximate surface area is 237 Å². The number of aromatic nitrogens is 2. The minimum atomic E-state index is -4.52. The number of nitrogens with zero attached hydrogens (tertiary/aromatic N) is 1. The highest BCUT2D eigenvalue weighted by molar-refractivity contribution is 7.90. The number of nitrogens with one attached hydrogen (secondary N) is 2. The van der Waals surface area contributed by atoms with Crippen LogP contribution in [-0.2, 0) is 10.0 Å². The van der Waals surface area contributed by atoms with Crippen LogP contribution >= 0.6 is 0 Å². The van der Waals surface area contributed by atoms with E-state index in [1.165, 1.54) is 36.5 Å². The van der Waals surface area contributed by atoms with Gasteiger partial charge in [-0.2, -0.15) is 0 Å². The minimum absolute atomic E-state index is 0.113. The van der Waals surface area contributed by atoms with Crippen LogP contribution in [0.25, 0.3) is 11.3 Å². The molecule has 0 saturated heterocycles. The predicted octanol–water partition coefficient (Wildman–Crippen LogP) is 5.59. The molecule has 9 nitrogen and oxygen atoms in total. The van der Waals surface area contributed by atoms with Crippen LogP contribution in [0.3, 0.4) is 0 Å². The number of unbranched alkanes of at least 4 members (excludes halogenated alkanes) is 1. The normalized spacial score (nSPS) is 11.2. The van der Waals surface area contributed by atoms with E-state index in [0.29, 0.717) is 17.9 Å². The van der Waals surface area contributed by atoms with Gasteiger partial charge in [-0.05, 0) is 80.8 Å². The summed E-state index contributed by atoms with van der Waals surface area (Å²) in [6, 6.07) is 13.4. The fraction of sp³-hybridized carbons (Fsp3) is 0.233. The number of benzene rings is 2. The number of H-pyrrole nitrogens is 1. The molecular formula is C30H30FN3O6S. The maximum Gasteiger partial charge on any atom is 0.270 e. The van der Waals surface area contributed by atoms with E-state index in [1.807, 2.05) is 44.5 Å². The number of ether oxygens (including phenoxy) is 2. The second-order valence-electron chi connectivity index (χ2n) is 9.52. The molecule has 0 radical (unpaired) electrons. The molecular weight excluding hydrogens is 549 g/mol. The van der Waals surface area contributed by atoms with Crippen LogP contribution in [0.4, 0.5) is 4.39 Å². The van der Waals surface area contributed by atoms with Gasteiger partial charge in [0.05, 0.1) is 12.3 Å². The molecule has 4 rings (SSSR count). The second kappa shape index (κ2) is 12.3. The largest absolute Gasteiger partial charge is 0.491 e. The lowest BCUT2D eigenvalue weighted by atomic mass is 10.1. The average Bonchev–Trinajstić information content (AvgIpc) is 2.91. The molecule has 0 spiro atoms. The van der Waals surface area contributed by atoms with Gasteiger partial charge < -0.3 is 14.5 Å². The van der Waals surface area contributed by atoms with Crippen LogP contribution in [-0.4, -0.2) is 30.9 Å². The first-order chi connectivity index (χ1) is 19.5. The summed E-state index contributed by atoms with van der Waals surface area (Å²) in [5, 5.41) is 0. The van der Waals surface area contributed by atoms with Gasteiger partial charge in [0.2, 0.25) is 5.88 Å². The summed E-state index contributed by atoms with van der Waals surface area (Å²) in [7, 11) is -4.52. The van der Waals surface area contributed by atoms with Crippen molar-refractivity contribution in [1.29, 1.82) is 0 Å². The molecule has 0 aliphatic rings. The Morgan fingerprint density at radius 3 is 2.44 bits per heavy atom. The van der Waals surface area contributed by atoms with E-state index in [-0.39, 0.29) is 22.9 Å². The number of hydrogen-bond acceptors (Lipinski definition) is 7. The number of amides is 1. The number of halogens is 1. The third kappa shape index (κ3) is 6.80. The number of hydrogen-bond donors (Lipinski definition) is 2. The van der Waals surface area contributed by atoms with Gasteiger partial charge in [-0.1, -0.05) is 31.0 Å². The van der Waals surface area contributed by atoms with Crippen molar-refractivity contribution in [2.75, 3.05) is 6.61 Å². The highest BCUT2D eigenvalue weighted by Crippen LogP contribution is 2.33. The number of carbonyl (C=O) groups excluding carboxylic acids is 1. The van der Waals surface area contributed by atoms with Crippen LogP contribution in [0, 0.1) is 26.6 Å². The highest BCUT2D eigenvalue weighted by Gasteiger charge is 2.25. The molecule has 214 valence electrons. The third-order valence-corrected chi connectivity index (χ3v) is 7.54. The number of pyridine rings is 2. The van der Waals surface area contributed by atoms with Crippen molar-refractivity contribution in [1.82, 2.24) is 14.7 Å². The first-order valence-corrected chi connectivity index (χ1v) is 14.4. The van der Waals surface area contributed by atoms with Crippen molar-refractivity contribution >= 4 is 15.9 Å². The van der Waals surface area contributed by atoms with E-state index in [1.54, 1.807) is 6.07 Å². The van der Waals surface area contributed by atoms with Gasteiger partial charge in [-0.25, -0.2) is 22.5 Å². The molecule has 2 aromatic carbocycles. The second-order valence-corrected chi connectivity index (χ2v) is 11.2.